The predicted molar refractivity (Wildman–Crippen MR) is 130 cm³/mol. The number of ether oxygens (including phenoxy) is 2. The van der Waals surface area contributed by atoms with Crippen molar-refractivity contribution in [1.82, 2.24) is 0 Å². The number of carboxylic acid groups (broad SMARTS) is 2. The van der Waals surface area contributed by atoms with Gasteiger partial charge in [0.1, 0.15) is 11.5 Å². The van der Waals surface area contributed by atoms with Gasteiger partial charge in [0.2, 0.25) is 6.79 Å². The van der Waals surface area contributed by atoms with E-state index in [0.29, 0.717) is 24.2 Å². The Morgan fingerprint density at radius 2 is 1.82 bits per heavy atom. The molecule has 2 unspecified atom stereocenters. The molecule has 0 saturated heterocycles. The van der Waals surface area contributed by atoms with E-state index in [1.54, 1.807) is 12.2 Å². The van der Waals surface area contributed by atoms with Crippen LogP contribution in [0.15, 0.2) is 84.5 Å². The summed E-state index contributed by atoms with van der Waals surface area (Å²) < 4.78 is 11.4. The molecule has 0 saturated carbocycles. The summed E-state index contributed by atoms with van der Waals surface area (Å²) in [6, 6.07) is 17.0. The van der Waals surface area contributed by atoms with E-state index in [-0.39, 0.29) is 23.7 Å². The van der Waals surface area contributed by atoms with Gasteiger partial charge in [0.25, 0.3) is 0 Å². The Morgan fingerprint density at radius 1 is 1.06 bits per heavy atom. The van der Waals surface area contributed by atoms with Crippen LogP contribution in [-0.2, 0) is 9.59 Å². The van der Waals surface area contributed by atoms with Gasteiger partial charge in [-0.1, -0.05) is 66.8 Å². The maximum absolute atomic E-state index is 11.1. The molecular weight excluding hydrogens is 440 g/mol. The lowest BCUT2D eigenvalue weighted by Gasteiger charge is -2.19. The molecule has 0 fully saturated rings. The molecule has 0 aromatic heterocycles. The van der Waals surface area contributed by atoms with Gasteiger partial charge in [-0.05, 0) is 37.0 Å². The Bertz CT molecular complexity index is 1030. The van der Waals surface area contributed by atoms with Crippen LogP contribution in [0, 0.1) is 5.92 Å². The molecule has 2 aromatic carbocycles. The average Bonchev–Trinajstić information content (AvgIpc) is 2.82. The number of carboxylic acids is 2. The molecule has 7 heteroatoms. The molecule has 172 valence electrons. The van der Waals surface area contributed by atoms with Crippen LogP contribution < -0.4 is 9.47 Å². The number of allylic oxidation sites excluding steroid dienone is 2. The van der Waals surface area contributed by atoms with Gasteiger partial charge >= 0.3 is 11.9 Å². The Labute approximate surface area is 197 Å². The zero-order valence-electron chi connectivity index (χ0n) is 18.0. The molecule has 6 nitrogen and oxygen atoms in total. The Balaban J connectivity index is 1.63. The molecule has 0 heterocycles. The van der Waals surface area contributed by atoms with Crippen molar-refractivity contribution >= 4 is 29.8 Å². The van der Waals surface area contributed by atoms with Gasteiger partial charge in [-0.15, -0.1) is 11.8 Å². The number of para-hydroxylation sites is 2. The van der Waals surface area contributed by atoms with Crippen LogP contribution >= 0.6 is 11.8 Å². The van der Waals surface area contributed by atoms with Gasteiger partial charge in [0.05, 0.1) is 11.3 Å². The second kappa shape index (κ2) is 12.6. The molecule has 0 bridgehead atoms. The van der Waals surface area contributed by atoms with Crippen molar-refractivity contribution < 1.29 is 29.3 Å². The minimum Gasteiger partial charge on any atom is -0.481 e. The van der Waals surface area contributed by atoms with Crippen molar-refractivity contribution in [1.29, 1.82) is 0 Å². The summed E-state index contributed by atoms with van der Waals surface area (Å²) in [6.07, 6.45) is 10.5. The summed E-state index contributed by atoms with van der Waals surface area (Å²) in [5.41, 5.74) is 1.16. The van der Waals surface area contributed by atoms with E-state index >= 15 is 0 Å². The lowest BCUT2D eigenvalue weighted by atomic mass is 9.92. The van der Waals surface area contributed by atoms with Gasteiger partial charge in [-0.25, -0.2) is 4.79 Å². The van der Waals surface area contributed by atoms with Crippen molar-refractivity contribution in [3.8, 4) is 11.5 Å². The molecule has 2 N–H and O–H groups in total. The number of carbonyl (C=O) groups is 2. The van der Waals surface area contributed by atoms with Crippen molar-refractivity contribution in [2.45, 2.75) is 18.1 Å². The zero-order valence-corrected chi connectivity index (χ0v) is 18.8. The highest BCUT2D eigenvalue weighted by Crippen LogP contribution is 2.29. The smallest absolute Gasteiger partial charge is 0.335 e. The normalized spacial score (nSPS) is 16.2. The maximum atomic E-state index is 11.1. The molecule has 1 aliphatic rings. The minimum absolute atomic E-state index is 0.00921. The summed E-state index contributed by atoms with van der Waals surface area (Å²) in [5, 5.41) is 18.2. The highest BCUT2D eigenvalue weighted by molar-refractivity contribution is 8.00. The molecule has 33 heavy (non-hydrogen) atoms. The molecule has 2 aromatic rings. The molecule has 3 rings (SSSR count). The Morgan fingerprint density at radius 3 is 2.52 bits per heavy atom. The molecule has 1 aliphatic carbocycles. The van der Waals surface area contributed by atoms with Crippen LogP contribution in [-0.4, -0.2) is 39.9 Å². The number of thioether (sulfide) groups is 1. The lowest BCUT2D eigenvalue weighted by molar-refractivity contribution is -0.134. The van der Waals surface area contributed by atoms with Gasteiger partial charge in [-0.3, -0.25) is 4.79 Å². The second-order valence-corrected chi connectivity index (χ2v) is 8.64. The fourth-order valence-electron chi connectivity index (χ4n) is 3.32. The summed E-state index contributed by atoms with van der Waals surface area (Å²) >= 11 is 1.35. The number of rotatable bonds is 12. The standard InChI is InChI=1S/C26H26O6S/c27-25(28)17-33-23(16-19-10-12-21(13-11-19)26(29)30)15-14-20-6-4-5-9-24(20)32-18-31-22-7-2-1-3-8-22/h1-10,12-15,19,23H,11,16-18H2,(H,27,28)(H,29,30)/b15-14-. The topological polar surface area (TPSA) is 93.1 Å². The van der Waals surface area contributed by atoms with Gasteiger partial charge in [0, 0.05) is 10.8 Å². The largest absolute Gasteiger partial charge is 0.481 e. The number of benzene rings is 2. The van der Waals surface area contributed by atoms with E-state index in [1.165, 1.54) is 11.8 Å². The molecule has 2 atom stereocenters. The first kappa shape index (κ1) is 24.2. The van der Waals surface area contributed by atoms with E-state index in [1.807, 2.05) is 72.8 Å². The van der Waals surface area contributed by atoms with E-state index < -0.39 is 11.9 Å². The summed E-state index contributed by atoms with van der Waals surface area (Å²) in [6.45, 7) is 0.0666. The first-order valence-electron chi connectivity index (χ1n) is 10.5. The third kappa shape index (κ3) is 8.20. The van der Waals surface area contributed by atoms with Gasteiger partial charge < -0.3 is 19.7 Å². The molecule has 0 spiro atoms. The predicted octanol–water partition coefficient (Wildman–Crippen LogP) is 5.28. The van der Waals surface area contributed by atoms with E-state index in [9.17, 15) is 9.59 Å². The number of hydrogen-bond donors (Lipinski definition) is 2. The fraction of sp³-hybridized carbons (Fsp3) is 0.231. The Hall–Kier alpha value is -3.45. The number of hydrogen-bond acceptors (Lipinski definition) is 5. The van der Waals surface area contributed by atoms with Crippen LogP contribution in [0.3, 0.4) is 0 Å². The molecular formula is C26H26O6S. The van der Waals surface area contributed by atoms with E-state index in [2.05, 4.69) is 0 Å². The molecule has 0 radical (unpaired) electrons. The molecule has 0 amide bonds. The fourth-order valence-corrected chi connectivity index (χ4v) is 4.24. The third-order valence-corrected chi connectivity index (χ3v) is 6.18. The summed E-state index contributed by atoms with van der Waals surface area (Å²) in [7, 11) is 0. The average molecular weight is 467 g/mol. The summed E-state index contributed by atoms with van der Waals surface area (Å²) in [5.74, 6) is -0.281. The monoisotopic (exact) mass is 466 g/mol. The van der Waals surface area contributed by atoms with Crippen molar-refractivity contribution in [2.75, 3.05) is 12.5 Å². The van der Waals surface area contributed by atoms with Crippen LogP contribution in [0.5, 0.6) is 11.5 Å². The first-order valence-corrected chi connectivity index (χ1v) is 11.6. The van der Waals surface area contributed by atoms with Crippen LogP contribution in [0.25, 0.3) is 6.08 Å². The SMILES string of the molecule is O=C(O)CSC(/C=C\c1ccccc1OCOc1ccccc1)CC1C=CC(C(=O)O)=CC1. The van der Waals surface area contributed by atoms with Crippen LogP contribution in [0.1, 0.15) is 18.4 Å². The molecule has 0 aliphatic heterocycles. The minimum atomic E-state index is -0.936. The lowest BCUT2D eigenvalue weighted by Crippen LogP contribution is -2.13. The first-order chi connectivity index (χ1) is 16.0. The van der Waals surface area contributed by atoms with Crippen molar-refractivity contribution in [3.05, 3.63) is 90.0 Å². The second-order valence-electron chi connectivity index (χ2n) is 7.41. The van der Waals surface area contributed by atoms with Gasteiger partial charge in [0.15, 0.2) is 0 Å². The summed E-state index contributed by atoms with van der Waals surface area (Å²) in [4.78, 5) is 22.2. The van der Waals surface area contributed by atoms with Gasteiger partial charge in [-0.2, -0.15) is 0 Å². The van der Waals surface area contributed by atoms with Crippen molar-refractivity contribution in [3.63, 3.8) is 0 Å². The van der Waals surface area contributed by atoms with E-state index in [4.69, 9.17) is 19.7 Å². The third-order valence-electron chi connectivity index (χ3n) is 4.98. The van der Waals surface area contributed by atoms with E-state index in [0.717, 1.165) is 11.3 Å². The van der Waals surface area contributed by atoms with Crippen LogP contribution in [0.2, 0.25) is 0 Å². The zero-order chi connectivity index (χ0) is 23.5. The quantitative estimate of drug-likeness (QED) is 0.411. The highest BCUT2D eigenvalue weighted by Gasteiger charge is 2.18. The van der Waals surface area contributed by atoms with Crippen LogP contribution in [0.4, 0.5) is 0 Å². The number of aliphatic carboxylic acids is 2. The highest BCUT2D eigenvalue weighted by atomic mass is 32.2. The maximum Gasteiger partial charge on any atom is 0.335 e. The van der Waals surface area contributed by atoms with Crippen molar-refractivity contribution in [2.24, 2.45) is 5.92 Å². The Kier molecular flexibility index (Phi) is 9.20.